The molecule has 0 spiro atoms. The van der Waals surface area contributed by atoms with E-state index >= 15 is 0 Å². The van der Waals surface area contributed by atoms with Crippen molar-refractivity contribution in [2.75, 3.05) is 6.54 Å². The number of halogens is 3. The first-order chi connectivity index (χ1) is 10.6. The molecule has 0 bridgehead atoms. The van der Waals surface area contributed by atoms with E-state index in [0.29, 0.717) is 28.6 Å². The summed E-state index contributed by atoms with van der Waals surface area (Å²) in [5.74, 6) is -0.337. The molecule has 0 aliphatic rings. The van der Waals surface area contributed by atoms with Crippen LogP contribution in [-0.4, -0.2) is 12.6 Å². The molecule has 0 atom stereocenters. The van der Waals surface area contributed by atoms with Gasteiger partial charge in [-0.25, -0.2) is 9.18 Å². The second kappa shape index (κ2) is 8.01. The van der Waals surface area contributed by atoms with Crippen LogP contribution in [0.2, 0.25) is 10.0 Å². The molecule has 0 fully saturated rings. The van der Waals surface area contributed by atoms with Crippen LogP contribution in [0.25, 0.3) is 0 Å². The molecule has 0 aliphatic carbocycles. The van der Waals surface area contributed by atoms with Crippen molar-refractivity contribution in [3.8, 4) is 0 Å². The van der Waals surface area contributed by atoms with Crippen LogP contribution < -0.4 is 10.6 Å². The van der Waals surface area contributed by atoms with Crippen molar-refractivity contribution in [2.24, 2.45) is 0 Å². The number of nitrogens with one attached hydrogen (secondary N) is 2. The molecule has 22 heavy (non-hydrogen) atoms. The van der Waals surface area contributed by atoms with E-state index in [2.05, 4.69) is 10.6 Å². The minimum atomic E-state index is -0.353. The molecule has 2 rings (SSSR count). The predicted octanol–water partition coefficient (Wildman–Crippen LogP) is 4.17. The Balaban J connectivity index is 1.75. The van der Waals surface area contributed by atoms with E-state index < -0.39 is 0 Å². The van der Waals surface area contributed by atoms with Gasteiger partial charge >= 0.3 is 6.03 Å². The molecule has 0 unspecified atom stereocenters. The number of amides is 2. The van der Waals surface area contributed by atoms with E-state index in [1.165, 1.54) is 6.07 Å². The lowest BCUT2D eigenvalue weighted by Gasteiger charge is -2.09. The quantitative estimate of drug-likeness (QED) is 0.842. The molecule has 6 heteroatoms. The zero-order valence-corrected chi connectivity index (χ0v) is 13.2. The van der Waals surface area contributed by atoms with Gasteiger partial charge in [-0.3, -0.25) is 0 Å². The molecule has 2 N–H and O–H groups in total. The maximum absolute atomic E-state index is 13.4. The molecule has 3 nitrogen and oxygen atoms in total. The van der Waals surface area contributed by atoms with E-state index in [1.54, 1.807) is 30.3 Å². The summed E-state index contributed by atoms with van der Waals surface area (Å²) in [5.41, 5.74) is 1.35. The van der Waals surface area contributed by atoms with Gasteiger partial charge in [-0.2, -0.15) is 0 Å². The molecule has 0 saturated carbocycles. The first-order valence-electron chi connectivity index (χ1n) is 6.75. The molecule has 0 radical (unpaired) electrons. The Hall–Kier alpha value is -1.78. The lowest BCUT2D eigenvalue weighted by molar-refractivity contribution is 0.240. The van der Waals surface area contributed by atoms with Gasteiger partial charge in [0.2, 0.25) is 0 Å². The highest BCUT2D eigenvalue weighted by atomic mass is 35.5. The first kappa shape index (κ1) is 16.6. The van der Waals surface area contributed by atoms with Crippen LogP contribution in [0.5, 0.6) is 0 Å². The van der Waals surface area contributed by atoms with Crippen molar-refractivity contribution in [3.05, 3.63) is 69.5 Å². The van der Waals surface area contributed by atoms with Gasteiger partial charge in [-0.05, 0) is 30.2 Å². The molecule has 0 heterocycles. The van der Waals surface area contributed by atoms with E-state index in [-0.39, 0.29) is 18.4 Å². The smallest absolute Gasteiger partial charge is 0.315 e. The summed E-state index contributed by atoms with van der Waals surface area (Å²) in [6, 6.07) is 11.2. The molecule has 0 saturated heterocycles. The number of benzene rings is 2. The van der Waals surface area contributed by atoms with Gasteiger partial charge in [0.15, 0.2) is 0 Å². The van der Waals surface area contributed by atoms with Crippen LogP contribution in [0.3, 0.4) is 0 Å². The highest BCUT2D eigenvalue weighted by Crippen LogP contribution is 2.20. The highest BCUT2D eigenvalue weighted by Gasteiger charge is 2.05. The fourth-order valence-electron chi connectivity index (χ4n) is 1.91. The Morgan fingerprint density at radius 2 is 1.82 bits per heavy atom. The first-order valence-corrected chi connectivity index (χ1v) is 7.51. The third-order valence-electron chi connectivity index (χ3n) is 3.09. The Morgan fingerprint density at radius 1 is 1.05 bits per heavy atom. The fourth-order valence-corrected chi connectivity index (χ4v) is 2.42. The molecule has 0 aliphatic heterocycles. The van der Waals surface area contributed by atoms with Gasteiger partial charge in [0.05, 0.1) is 0 Å². The maximum Gasteiger partial charge on any atom is 0.315 e. The van der Waals surface area contributed by atoms with Crippen molar-refractivity contribution >= 4 is 29.2 Å². The van der Waals surface area contributed by atoms with Crippen molar-refractivity contribution in [1.82, 2.24) is 10.6 Å². The van der Waals surface area contributed by atoms with Crippen LogP contribution in [0.1, 0.15) is 11.1 Å². The van der Waals surface area contributed by atoms with Crippen molar-refractivity contribution < 1.29 is 9.18 Å². The summed E-state index contributed by atoms with van der Waals surface area (Å²) >= 11 is 11.9. The maximum atomic E-state index is 13.4. The normalized spacial score (nSPS) is 10.3. The van der Waals surface area contributed by atoms with Gasteiger partial charge in [0.1, 0.15) is 5.82 Å². The van der Waals surface area contributed by atoms with Gasteiger partial charge in [-0.15, -0.1) is 0 Å². The number of carbonyl (C=O) groups excluding carboxylic acids is 1. The van der Waals surface area contributed by atoms with Gasteiger partial charge in [0, 0.05) is 28.7 Å². The third-order valence-corrected chi connectivity index (χ3v) is 3.68. The molecule has 2 aromatic rings. The SMILES string of the molecule is O=C(NCCc1ccc(Cl)cc1Cl)NCc1ccccc1F. The summed E-state index contributed by atoms with van der Waals surface area (Å²) in [6.45, 7) is 0.560. The highest BCUT2D eigenvalue weighted by molar-refractivity contribution is 6.35. The van der Waals surface area contributed by atoms with Gasteiger partial charge in [0.25, 0.3) is 0 Å². The van der Waals surface area contributed by atoms with E-state index in [0.717, 1.165) is 5.56 Å². The molecule has 116 valence electrons. The number of hydrogen-bond donors (Lipinski definition) is 2. The Morgan fingerprint density at radius 3 is 2.55 bits per heavy atom. The van der Waals surface area contributed by atoms with E-state index in [1.807, 2.05) is 6.07 Å². The summed E-state index contributed by atoms with van der Waals surface area (Å²) in [4.78, 5) is 11.7. The van der Waals surface area contributed by atoms with Crippen LogP contribution in [0, 0.1) is 5.82 Å². The summed E-state index contributed by atoms with van der Waals surface area (Å²) in [6.07, 6.45) is 0.586. The Kier molecular flexibility index (Phi) is 6.04. The van der Waals surface area contributed by atoms with Gasteiger partial charge < -0.3 is 10.6 Å². The molecular weight excluding hydrogens is 326 g/mol. The number of rotatable bonds is 5. The third kappa shape index (κ3) is 4.90. The minimum absolute atomic E-state index is 0.139. The van der Waals surface area contributed by atoms with Gasteiger partial charge in [-0.1, -0.05) is 47.5 Å². The minimum Gasteiger partial charge on any atom is -0.338 e. The number of hydrogen-bond acceptors (Lipinski definition) is 1. The summed E-state index contributed by atoms with van der Waals surface area (Å²) in [5, 5.41) is 6.45. The second-order valence-corrected chi connectivity index (χ2v) is 5.53. The van der Waals surface area contributed by atoms with Crippen LogP contribution >= 0.6 is 23.2 Å². The Labute approximate surface area is 138 Å². The van der Waals surface area contributed by atoms with Crippen LogP contribution in [-0.2, 0) is 13.0 Å². The average Bonchev–Trinajstić information content (AvgIpc) is 2.49. The Bertz CT molecular complexity index is 664. The van der Waals surface area contributed by atoms with E-state index in [4.69, 9.17) is 23.2 Å². The number of carbonyl (C=O) groups is 1. The zero-order chi connectivity index (χ0) is 15.9. The largest absolute Gasteiger partial charge is 0.338 e. The van der Waals surface area contributed by atoms with Crippen LogP contribution in [0.4, 0.5) is 9.18 Å². The molecule has 0 aromatic heterocycles. The summed E-state index contributed by atoms with van der Waals surface area (Å²) in [7, 11) is 0. The average molecular weight is 341 g/mol. The topological polar surface area (TPSA) is 41.1 Å². The standard InChI is InChI=1S/C16H15Cl2FN2O/c17-13-6-5-11(14(18)9-13)7-8-20-16(22)21-10-12-3-1-2-4-15(12)19/h1-6,9H,7-8,10H2,(H2,20,21,22). The molecular formula is C16H15Cl2FN2O. The second-order valence-electron chi connectivity index (χ2n) is 4.69. The summed E-state index contributed by atoms with van der Waals surface area (Å²) < 4.78 is 13.4. The monoisotopic (exact) mass is 340 g/mol. The predicted molar refractivity (Wildman–Crippen MR) is 86.8 cm³/mol. The van der Waals surface area contributed by atoms with Crippen molar-refractivity contribution in [1.29, 1.82) is 0 Å². The number of urea groups is 1. The van der Waals surface area contributed by atoms with Crippen molar-refractivity contribution in [2.45, 2.75) is 13.0 Å². The lowest BCUT2D eigenvalue weighted by Crippen LogP contribution is -2.36. The lowest BCUT2D eigenvalue weighted by atomic mass is 10.1. The molecule has 2 amide bonds. The molecule has 2 aromatic carbocycles. The zero-order valence-electron chi connectivity index (χ0n) is 11.7. The van der Waals surface area contributed by atoms with Crippen LogP contribution in [0.15, 0.2) is 42.5 Å². The van der Waals surface area contributed by atoms with Crippen molar-refractivity contribution in [3.63, 3.8) is 0 Å². The fraction of sp³-hybridized carbons (Fsp3) is 0.188. The van der Waals surface area contributed by atoms with E-state index in [9.17, 15) is 9.18 Å².